The number of piperidine rings is 1. The number of pyridine rings is 1. The third kappa shape index (κ3) is 5.33. The highest BCUT2D eigenvalue weighted by molar-refractivity contribution is 7.91. The van der Waals surface area contributed by atoms with E-state index in [2.05, 4.69) is 20.3 Å². The summed E-state index contributed by atoms with van der Waals surface area (Å²) in [5, 5.41) is 14.2. The molecule has 0 radical (unpaired) electrons. The molecule has 2 aliphatic rings. The van der Waals surface area contributed by atoms with E-state index in [0.717, 1.165) is 49.8 Å². The van der Waals surface area contributed by atoms with Crippen LogP contribution in [0.2, 0.25) is 0 Å². The average molecular weight is 438 g/mol. The number of carbonyl (C=O) groups is 2. The summed E-state index contributed by atoms with van der Waals surface area (Å²) in [4.78, 5) is 27.6. The van der Waals surface area contributed by atoms with Gasteiger partial charge in [0.05, 0.1) is 28.8 Å². The molecule has 30 heavy (non-hydrogen) atoms. The number of fused-ring (bicyclic) bond motifs is 1. The van der Waals surface area contributed by atoms with Gasteiger partial charge in [0.2, 0.25) is 0 Å². The van der Waals surface area contributed by atoms with Crippen molar-refractivity contribution in [2.24, 2.45) is 7.05 Å². The standard InChI is InChI=1S/C18H25N5O3S.CH2O2/c1-22-17-10-13(11-19-16(17)12-20-22)18(24)21-14-2-6-23(7-3-14)15-4-8-27(25,26)9-5-15;2-1-3/h10-12,14-15H,2-9H2,1H3,(H,21,24);1H,(H,2,3). The quantitative estimate of drug-likeness (QED) is 0.661. The lowest BCUT2D eigenvalue weighted by Gasteiger charge is -2.39. The van der Waals surface area contributed by atoms with Gasteiger partial charge in [-0.1, -0.05) is 0 Å². The monoisotopic (exact) mass is 437 g/mol. The van der Waals surface area contributed by atoms with Crippen LogP contribution >= 0.6 is 0 Å². The molecule has 0 saturated carbocycles. The highest BCUT2D eigenvalue weighted by Crippen LogP contribution is 2.22. The molecule has 2 saturated heterocycles. The number of sulfone groups is 1. The minimum Gasteiger partial charge on any atom is -0.483 e. The first kappa shape index (κ1) is 22.2. The summed E-state index contributed by atoms with van der Waals surface area (Å²) >= 11 is 0. The van der Waals surface area contributed by atoms with Crippen molar-refractivity contribution in [1.29, 1.82) is 0 Å². The Hall–Kier alpha value is -2.53. The number of carbonyl (C=O) groups excluding carboxylic acids is 1. The molecule has 0 unspecified atom stereocenters. The molecule has 0 bridgehead atoms. The predicted octanol–water partition coefficient (Wildman–Crippen LogP) is 0.441. The average Bonchev–Trinajstić information content (AvgIpc) is 3.10. The summed E-state index contributed by atoms with van der Waals surface area (Å²) in [6, 6.07) is 2.33. The van der Waals surface area contributed by atoms with E-state index < -0.39 is 9.84 Å². The topological polar surface area (TPSA) is 134 Å². The van der Waals surface area contributed by atoms with E-state index in [9.17, 15) is 13.2 Å². The number of rotatable bonds is 3. The smallest absolute Gasteiger partial charge is 0.290 e. The Morgan fingerprint density at radius 2 is 1.83 bits per heavy atom. The summed E-state index contributed by atoms with van der Waals surface area (Å²) < 4.78 is 24.9. The second kappa shape index (κ2) is 9.52. The van der Waals surface area contributed by atoms with Crippen molar-refractivity contribution in [2.45, 2.75) is 37.8 Å². The Labute approximate surface area is 175 Å². The number of aryl methyl sites for hydroxylation is 1. The molecule has 2 aromatic rings. The fourth-order valence-corrected chi connectivity index (χ4v) is 5.54. The van der Waals surface area contributed by atoms with E-state index in [1.165, 1.54) is 0 Å². The van der Waals surface area contributed by atoms with Crippen LogP contribution < -0.4 is 5.32 Å². The highest BCUT2D eigenvalue weighted by Gasteiger charge is 2.30. The van der Waals surface area contributed by atoms with Gasteiger partial charge in [-0.3, -0.25) is 19.3 Å². The Morgan fingerprint density at radius 1 is 1.20 bits per heavy atom. The maximum atomic E-state index is 12.6. The van der Waals surface area contributed by atoms with E-state index >= 15 is 0 Å². The molecular weight excluding hydrogens is 410 g/mol. The Morgan fingerprint density at radius 3 is 2.47 bits per heavy atom. The number of nitrogens with zero attached hydrogens (tertiary/aromatic N) is 4. The number of nitrogens with one attached hydrogen (secondary N) is 1. The molecule has 2 aliphatic heterocycles. The van der Waals surface area contributed by atoms with Crippen LogP contribution in [0.5, 0.6) is 0 Å². The van der Waals surface area contributed by atoms with Crippen molar-refractivity contribution >= 4 is 33.3 Å². The second-order valence-electron chi connectivity index (χ2n) is 7.67. The molecule has 10 nitrogen and oxygen atoms in total. The van der Waals surface area contributed by atoms with Crippen LogP contribution in [-0.2, 0) is 21.7 Å². The number of carboxylic acid groups (broad SMARTS) is 1. The maximum absolute atomic E-state index is 12.6. The van der Waals surface area contributed by atoms with Gasteiger partial charge in [-0.25, -0.2) is 8.42 Å². The van der Waals surface area contributed by atoms with Crippen LogP contribution in [0.1, 0.15) is 36.0 Å². The SMILES string of the molecule is Cn1ncc2ncc(C(=O)NC3CCN(C4CCS(=O)(=O)CC4)CC3)cc21.O=CO. The minimum atomic E-state index is -2.82. The fourth-order valence-electron chi connectivity index (χ4n) is 4.07. The van der Waals surface area contributed by atoms with Crippen molar-refractivity contribution in [2.75, 3.05) is 24.6 Å². The van der Waals surface area contributed by atoms with Gasteiger partial charge in [0, 0.05) is 38.4 Å². The van der Waals surface area contributed by atoms with Crippen molar-refractivity contribution in [3.05, 3.63) is 24.0 Å². The van der Waals surface area contributed by atoms with Crippen LogP contribution in [0.4, 0.5) is 0 Å². The Kier molecular flexibility index (Phi) is 7.03. The van der Waals surface area contributed by atoms with Crippen molar-refractivity contribution in [1.82, 2.24) is 25.0 Å². The molecule has 2 aromatic heterocycles. The molecule has 0 atom stereocenters. The second-order valence-corrected chi connectivity index (χ2v) is 9.97. The molecule has 2 fully saturated rings. The van der Waals surface area contributed by atoms with Gasteiger partial charge in [-0.2, -0.15) is 5.10 Å². The van der Waals surface area contributed by atoms with Gasteiger partial charge in [-0.15, -0.1) is 0 Å². The van der Waals surface area contributed by atoms with Crippen molar-refractivity contribution in [3.63, 3.8) is 0 Å². The van der Waals surface area contributed by atoms with Gasteiger partial charge in [0.15, 0.2) is 0 Å². The molecule has 164 valence electrons. The molecule has 0 spiro atoms. The van der Waals surface area contributed by atoms with Crippen LogP contribution in [-0.4, -0.2) is 82.2 Å². The number of likely N-dealkylation sites (tertiary alicyclic amines) is 1. The molecule has 2 N–H and O–H groups in total. The fraction of sp³-hybridized carbons (Fsp3) is 0.579. The summed E-state index contributed by atoms with van der Waals surface area (Å²) in [6.07, 6.45) is 6.51. The van der Waals surface area contributed by atoms with E-state index in [4.69, 9.17) is 9.90 Å². The van der Waals surface area contributed by atoms with E-state index in [0.29, 0.717) is 23.1 Å². The lowest BCUT2D eigenvalue weighted by molar-refractivity contribution is -0.122. The third-order valence-electron chi connectivity index (χ3n) is 5.77. The first-order valence-corrected chi connectivity index (χ1v) is 11.8. The van der Waals surface area contributed by atoms with Crippen LogP contribution in [0, 0.1) is 0 Å². The summed E-state index contributed by atoms with van der Waals surface area (Å²) in [6.45, 7) is 1.54. The maximum Gasteiger partial charge on any atom is 0.290 e. The highest BCUT2D eigenvalue weighted by atomic mass is 32.2. The Balaban J connectivity index is 0.000000806. The largest absolute Gasteiger partial charge is 0.483 e. The van der Waals surface area contributed by atoms with Crippen LogP contribution in [0.25, 0.3) is 11.0 Å². The number of amides is 1. The van der Waals surface area contributed by atoms with Gasteiger partial charge >= 0.3 is 0 Å². The van der Waals surface area contributed by atoms with Gasteiger partial charge in [-0.05, 0) is 31.7 Å². The molecule has 11 heteroatoms. The number of hydrogen-bond donors (Lipinski definition) is 2. The number of hydrogen-bond acceptors (Lipinski definition) is 7. The predicted molar refractivity (Wildman–Crippen MR) is 111 cm³/mol. The summed E-state index contributed by atoms with van der Waals surface area (Å²) in [5.74, 6) is 0.503. The van der Waals surface area contributed by atoms with Crippen LogP contribution in [0.15, 0.2) is 18.5 Å². The molecule has 0 aliphatic carbocycles. The Bertz CT molecular complexity index is 984. The summed E-state index contributed by atoms with van der Waals surface area (Å²) in [7, 11) is -0.991. The van der Waals surface area contributed by atoms with Crippen molar-refractivity contribution < 1.29 is 23.1 Å². The van der Waals surface area contributed by atoms with Crippen LogP contribution in [0.3, 0.4) is 0 Å². The first-order chi connectivity index (χ1) is 14.3. The number of aromatic nitrogens is 3. The zero-order chi connectivity index (χ0) is 21.7. The zero-order valence-corrected chi connectivity index (χ0v) is 17.7. The van der Waals surface area contributed by atoms with E-state index in [-0.39, 0.29) is 18.4 Å². The summed E-state index contributed by atoms with van der Waals surface area (Å²) in [5.41, 5.74) is 2.16. The van der Waals surface area contributed by atoms with E-state index in [1.807, 2.05) is 13.1 Å². The molecule has 0 aromatic carbocycles. The van der Waals surface area contributed by atoms with Gasteiger partial charge in [0.25, 0.3) is 12.4 Å². The minimum absolute atomic E-state index is 0.104. The third-order valence-corrected chi connectivity index (χ3v) is 7.48. The molecular formula is C19H27N5O5S. The first-order valence-electron chi connectivity index (χ1n) is 9.94. The lowest BCUT2D eigenvalue weighted by Crippen LogP contribution is -2.49. The van der Waals surface area contributed by atoms with E-state index in [1.54, 1.807) is 17.1 Å². The van der Waals surface area contributed by atoms with Gasteiger partial charge < -0.3 is 15.3 Å². The molecule has 1 amide bonds. The molecule has 4 rings (SSSR count). The zero-order valence-electron chi connectivity index (χ0n) is 16.9. The van der Waals surface area contributed by atoms with Gasteiger partial charge in [0.1, 0.15) is 15.4 Å². The van der Waals surface area contributed by atoms with Crippen molar-refractivity contribution in [3.8, 4) is 0 Å². The normalized spacial score (nSPS) is 20.3. The lowest BCUT2D eigenvalue weighted by atomic mass is 10.0. The molecule has 4 heterocycles.